The number of benzene rings is 4. The van der Waals surface area contributed by atoms with Gasteiger partial charge in [-0.05, 0) is 160 Å². The minimum Gasteiger partial charge on any atom is -0.870 e. The molecule has 6 aromatic rings. The van der Waals surface area contributed by atoms with E-state index in [-0.39, 0.29) is 104 Å². The summed E-state index contributed by atoms with van der Waals surface area (Å²) in [6, 6.07) is 28.2. The number of carbonyl (C=O) groups is 4. The van der Waals surface area contributed by atoms with Crippen molar-refractivity contribution < 1.29 is 73.5 Å². The molecule has 6 heterocycles. The zero-order valence-electron chi connectivity index (χ0n) is 62.5. The summed E-state index contributed by atoms with van der Waals surface area (Å²) in [5, 5.41) is 34.6. The first-order valence-corrected chi connectivity index (χ1v) is 35.7. The largest absolute Gasteiger partial charge is 1.00 e. The number of amides is 2. The fraction of sp³-hybridized carbons (Fsp3) is 0.519. The number of anilines is 4. The van der Waals surface area contributed by atoms with Gasteiger partial charge < -0.3 is 55.0 Å². The van der Waals surface area contributed by atoms with Crippen LogP contribution in [0.5, 0.6) is 11.5 Å². The van der Waals surface area contributed by atoms with Crippen molar-refractivity contribution in [3.63, 3.8) is 0 Å². The minimum atomic E-state index is -1.06. The van der Waals surface area contributed by atoms with Crippen molar-refractivity contribution in [2.24, 2.45) is 33.5 Å². The van der Waals surface area contributed by atoms with Crippen LogP contribution in [0.15, 0.2) is 97.6 Å². The van der Waals surface area contributed by atoms with Gasteiger partial charge in [-0.3, -0.25) is 19.4 Å². The molecule has 2 aromatic heterocycles. The maximum Gasteiger partial charge on any atom is 1.00 e. The molecule has 2 amide bonds. The quantitative estimate of drug-likeness (QED) is 0.0553. The Morgan fingerprint density at radius 2 is 0.825 bits per heavy atom. The van der Waals surface area contributed by atoms with Gasteiger partial charge in [-0.1, -0.05) is 55.4 Å². The number of aromatic carboxylic acids is 1. The molecule has 0 radical (unpaired) electrons. The van der Waals surface area contributed by atoms with Gasteiger partial charge >= 0.3 is 41.5 Å². The van der Waals surface area contributed by atoms with Crippen molar-refractivity contribution in [1.29, 1.82) is 10.5 Å². The Morgan fingerprint density at radius 3 is 1.12 bits per heavy atom. The first kappa shape index (κ1) is 78.7. The fourth-order valence-electron chi connectivity index (χ4n) is 17.4. The SMILES string of the molecule is COC(=O)c1cnc(N2CCN(CC3CCN(c4ccc(C(=O)NC5C(C)(C)C(Oc6cc(C)c(C#N)c(C)c6)C5(C)C)cc4)CC3)CC2)cn1.Cc1cc(OC2C(C)(C)C(NC(=O)c3ccc(N4CCC(CN5CCN(c6cnc(C(=O)O)cn6)CC5)CC4)cc3)C2(C)C)cc(C)c1C#N.[Na+].[OH-]. The number of aryl methyl sites for hydroxylation is 4. The molecule has 24 heteroatoms. The third-order valence-electron chi connectivity index (χ3n) is 22.5. The van der Waals surface area contributed by atoms with Crippen LogP contribution in [0.4, 0.5) is 23.0 Å². The molecule has 4 N–H and O–H groups in total. The summed E-state index contributed by atoms with van der Waals surface area (Å²) in [5.74, 6) is 2.65. The number of hydrogen-bond acceptors (Lipinski definition) is 20. The van der Waals surface area contributed by atoms with Gasteiger partial charge in [0.25, 0.3) is 11.8 Å². The fourth-order valence-corrected chi connectivity index (χ4v) is 17.4. The number of esters is 1. The Balaban J connectivity index is 0.000000235. The second-order valence-corrected chi connectivity index (χ2v) is 31.0. The van der Waals surface area contributed by atoms with Crippen LogP contribution in [0, 0.1) is 83.9 Å². The van der Waals surface area contributed by atoms with Gasteiger partial charge in [0.1, 0.15) is 35.3 Å². The number of hydrogen-bond donors (Lipinski definition) is 3. The molecule has 4 aromatic carbocycles. The molecule has 542 valence electrons. The first-order chi connectivity index (χ1) is 48.1. The van der Waals surface area contributed by atoms with E-state index in [1.165, 1.54) is 19.5 Å². The zero-order chi connectivity index (χ0) is 72.3. The summed E-state index contributed by atoms with van der Waals surface area (Å²) < 4.78 is 17.8. The predicted octanol–water partition coefficient (Wildman–Crippen LogP) is 7.54. The van der Waals surface area contributed by atoms with Gasteiger partial charge in [-0.2, -0.15) is 10.5 Å². The molecule has 0 bridgehead atoms. The van der Waals surface area contributed by atoms with Gasteiger partial charge in [0.15, 0.2) is 11.4 Å². The van der Waals surface area contributed by atoms with Crippen LogP contribution in [-0.4, -0.2) is 187 Å². The summed E-state index contributed by atoms with van der Waals surface area (Å²) in [7, 11) is 1.34. The van der Waals surface area contributed by atoms with Crippen LogP contribution in [0.3, 0.4) is 0 Å². The summed E-state index contributed by atoms with van der Waals surface area (Å²) in [4.78, 5) is 80.9. The van der Waals surface area contributed by atoms with Crippen LogP contribution in [0.2, 0.25) is 0 Å². The maximum absolute atomic E-state index is 13.5. The molecule has 6 aliphatic rings. The van der Waals surface area contributed by atoms with Gasteiger partial charge in [0.2, 0.25) is 0 Å². The Bertz CT molecular complexity index is 3970. The molecular formula is C79H101N14NaO9. The summed E-state index contributed by atoms with van der Waals surface area (Å²) in [6.07, 6.45) is 10.3. The second kappa shape index (κ2) is 32.7. The molecule has 2 saturated carbocycles. The van der Waals surface area contributed by atoms with Crippen molar-refractivity contribution in [2.75, 3.05) is 118 Å². The van der Waals surface area contributed by atoms with E-state index in [2.05, 4.69) is 152 Å². The second-order valence-electron chi connectivity index (χ2n) is 31.0. The van der Waals surface area contributed by atoms with Crippen molar-refractivity contribution in [3.8, 4) is 23.6 Å². The Kier molecular flexibility index (Phi) is 25.0. The van der Waals surface area contributed by atoms with Crippen LogP contribution < -0.4 is 69.3 Å². The van der Waals surface area contributed by atoms with Gasteiger partial charge in [0.05, 0.1) is 55.2 Å². The molecule has 0 spiro atoms. The molecule has 4 saturated heterocycles. The summed E-state index contributed by atoms with van der Waals surface area (Å²) in [6.45, 7) is 38.4. The number of aromatic nitrogens is 4. The molecule has 4 aliphatic heterocycles. The predicted molar refractivity (Wildman–Crippen MR) is 392 cm³/mol. The first-order valence-electron chi connectivity index (χ1n) is 35.7. The molecule has 6 fully saturated rings. The van der Waals surface area contributed by atoms with Crippen LogP contribution in [0.1, 0.15) is 156 Å². The average Bonchev–Trinajstić information content (AvgIpc) is 0.713. The number of rotatable bonds is 18. The zero-order valence-corrected chi connectivity index (χ0v) is 64.5. The van der Waals surface area contributed by atoms with E-state index >= 15 is 0 Å². The van der Waals surface area contributed by atoms with Crippen molar-refractivity contribution in [2.45, 2.75) is 133 Å². The van der Waals surface area contributed by atoms with E-state index in [1.807, 2.05) is 76.2 Å². The monoisotopic (exact) mass is 1410 g/mol. The number of nitrogens with zero attached hydrogens (tertiary/aromatic N) is 12. The van der Waals surface area contributed by atoms with Crippen LogP contribution >= 0.6 is 0 Å². The van der Waals surface area contributed by atoms with E-state index < -0.39 is 11.9 Å². The van der Waals surface area contributed by atoms with E-state index in [4.69, 9.17) is 19.3 Å². The normalized spacial score (nSPS) is 21.4. The number of nitrogens with one attached hydrogen (secondary N) is 2. The Morgan fingerprint density at radius 1 is 0.495 bits per heavy atom. The smallest absolute Gasteiger partial charge is 0.870 e. The van der Waals surface area contributed by atoms with Gasteiger partial charge in [-0.25, -0.2) is 29.5 Å². The molecule has 12 rings (SSSR count). The number of carboxylic acid groups (broad SMARTS) is 1. The number of nitriles is 2. The van der Waals surface area contributed by atoms with Crippen molar-refractivity contribution in [3.05, 3.63) is 153 Å². The Hall–Kier alpha value is -8.42. The van der Waals surface area contributed by atoms with E-state index in [0.717, 1.165) is 174 Å². The maximum atomic E-state index is 13.5. The standard InChI is InChI=1S/C40H51N7O4.C39H49N7O4.Na.H2O/c1-26-20-31(21-27(2)32(26)22-41)51-38-39(3,4)37(40(38,5)6)44-35(48)29-8-10-30(11-9-29)46-14-12-28(13-15-46)25-45-16-18-47(19-17-45)34-24-42-33(23-43-34)36(49)50-7;1-25-19-30(20-26(2)31(25)21-40)50-37-38(3,4)36(39(37,5)6)43-34(47)28-7-9-29(10-8-28)45-13-11-27(12-14-45)24-44-15-17-46(18-16-44)33-23-41-32(22-42-33)35(48)49;;/h8-11,20-21,23-24,28,37-38H,12-19,25H2,1-7H3,(H,44,48);7-10,19-20,22-23,27,36-37H,11-18,24H2,1-6H3,(H,43,47)(H,48,49);;1H2/q;;+1;/p-1. The molecule has 0 atom stereocenters. The number of carboxylic acids is 1. The van der Waals surface area contributed by atoms with Crippen LogP contribution in [0.25, 0.3) is 0 Å². The van der Waals surface area contributed by atoms with Gasteiger partial charge in [0, 0.05) is 148 Å². The minimum absolute atomic E-state index is 0. The van der Waals surface area contributed by atoms with Crippen molar-refractivity contribution >= 4 is 46.8 Å². The topological polar surface area (TPSA) is 289 Å². The number of piperidine rings is 2. The Labute approximate surface area is 629 Å². The van der Waals surface area contributed by atoms with Crippen LogP contribution in [-0.2, 0) is 4.74 Å². The van der Waals surface area contributed by atoms with E-state index in [9.17, 15) is 29.7 Å². The van der Waals surface area contributed by atoms with Crippen molar-refractivity contribution in [1.82, 2.24) is 40.4 Å². The molecular weight excluding hydrogens is 1310 g/mol. The average molecular weight is 1410 g/mol. The van der Waals surface area contributed by atoms with E-state index in [1.54, 1.807) is 12.4 Å². The number of methoxy groups -OCH3 is 1. The summed E-state index contributed by atoms with van der Waals surface area (Å²) >= 11 is 0. The third kappa shape index (κ3) is 17.2. The number of carbonyl (C=O) groups excluding carboxylic acids is 3. The molecule has 2 aliphatic carbocycles. The van der Waals surface area contributed by atoms with E-state index in [0.29, 0.717) is 34.1 Å². The molecule has 0 unspecified atom stereocenters. The third-order valence-corrected chi connectivity index (χ3v) is 22.5. The van der Waals surface area contributed by atoms with Gasteiger partial charge in [-0.15, -0.1) is 0 Å². The molecule has 23 nitrogen and oxygen atoms in total. The summed E-state index contributed by atoms with van der Waals surface area (Å²) in [5.41, 5.74) is 7.63. The number of ether oxygens (including phenoxy) is 3. The number of piperazine rings is 2. The molecule has 103 heavy (non-hydrogen) atoms.